The number of carbonyl (C=O) groups is 4. The van der Waals surface area contributed by atoms with Crippen LogP contribution in [0.1, 0.15) is 6.92 Å². The SMILES string of the molecule is CC(=O)N1CCN(C(=O)[C@H]2[C@H](C(=O)Nc3ccc(Cl)cc3)[C@@H]2C(=O)Nc2ccc(-n3ccccc3=O)cc2F)CC1. The van der Waals surface area contributed by atoms with Gasteiger partial charge in [-0.2, -0.15) is 0 Å². The van der Waals surface area contributed by atoms with E-state index in [4.69, 9.17) is 11.6 Å². The third kappa shape index (κ3) is 5.99. The summed E-state index contributed by atoms with van der Waals surface area (Å²) in [5.74, 6) is -5.40. The highest BCUT2D eigenvalue weighted by atomic mass is 35.5. The summed E-state index contributed by atoms with van der Waals surface area (Å²) in [4.78, 5) is 66.9. The van der Waals surface area contributed by atoms with Crippen molar-refractivity contribution < 1.29 is 23.6 Å². The minimum absolute atomic E-state index is 0.0915. The van der Waals surface area contributed by atoms with Gasteiger partial charge in [0.1, 0.15) is 5.82 Å². The van der Waals surface area contributed by atoms with Gasteiger partial charge in [0.05, 0.1) is 29.1 Å². The van der Waals surface area contributed by atoms with E-state index in [0.717, 1.165) is 6.07 Å². The molecule has 5 rings (SSSR count). The average molecular weight is 580 g/mol. The average Bonchev–Trinajstić information content (AvgIpc) is 3.71. The summed E-state index contributed by atoms with van der Waals surface area (Å²) < 4.78 is 16.3. The van der Waals surface area contributed by atoms with Crippen molar-refractivity contribution in [1.82, 2.24) is 14.4 Å². The van der Waals surface area contributed by atoms with Gasteiger partial charge in [-0.25, -0.2) is 4.39 Å². The van der Waals surface area contributed by atoms with Crippen LogP contribution in [-0.4, -0.2) is 64.2 Å². The molecule has 3 atom stereocenters. The topological polar surface area (TPSA) is 121 Å². The zero-order chi connectivity index (χ0) is 29.3. The smallest absolute Gasteiger partial charge is 0.255 e. The number of halogens is 2. The third-order valence-corrected chi connectivity index (χ3v) is 7.62. The number of piperazine rings is 1. The van der Waals surface area contributed by atoms with Crippen molar-refractivity contribution in [2.75, 3.05) is 36.8 Å². The van der Waals surface area contributed by atoms with E-state index in [1.54, 1.807) is 46.2 Å². The first-order chi connectivity index (χ1) is 19.6. The predicted molar refractivity (Wildman–Crippen MR) is 150 cm³/mol. The van der Waals surface area contributed by atoms with Gasteiger partial charge in [0.15, 0.2) is 0 Å². The first kappa shape index (κ1) is 28.0. The first-order valence-electron chi connectivity index (χ1n) is 13.0. The minimum atomic E-state index is -1.03. The van der Waals surface area contributed by atoms with Gasteiger partial charge in [0.25, 0.3) is 5.56 Å². The van der Waals surface area contributed by atoms with E-state index in [0.29, 0.717) is 23.8 Å². The van der Waals surface area contributed by atoms with Crippen LogP contribution in [0.2, 0.25) is 5.02 Å². The molecule has 1 aromatic heterocycles. The molecule has 212 valence electrons. The summed E-state index contributed by atoms with van der Waals surface area (Å²) in [5.41, 5.74) is 0.231. The Kier molecular flexibility index (Phi) is 7.89. The molecule has 0 bridgehead atoms. The number of amides is 4. The number of hydrogen-bond acceptors (Lipinski definition) is 5. The largest absolute Gasteiger partial charge is 0.339 e. The van der Waals surface area contributed by atoms with E-state index in [9.17, 15) is 24.0 Å². The summed E-state index contributed by atoms with van der Waals surface area (Å²) in [7, 11) is 0. The van der Waals surface area contributed by atoms with Gasteiger partial charge in [0.2, 0.25) is 23.6 Å². The highest BCUT2D eigenvalue weighted by Crippen LogP contribution is 2.49. The minimum Gasteiger partial charge on any atom is -0.339 e. The van der Waals surface area contributed by atoms with Gasteiger partial charge in [-0.05, 0) is 42.5 Å². The Labute approximate surface area is 239 Å². The molecule has 1 saturated heterocycles. The normalized spacial score (nSPS) is 19.8. The molecular formula is C29H27ClFN5O5. The number of nitrogens with zero attached hydrogens (tertiary/aromatic N) is 3. The number of pyridine rings is 1. The van der Waals surface area contributed by atoms with Crippen LogP contribution < -0.4 is 16.2 Å². The van der Waals surface area contributed by atoms with Crippen molar-refractivity contribution in [2.45, 2.75) is 6.92 Å². The van der Waals surface area contributed by atoms with Gasteiger partial charge in [-0.1, -0.05) is 17.7 Å². The molecule has 0 spiro atoms. The summed E-state index contributed by atoms with van der Waals surface area (Å²) in [6.07, 6.45) is 1.50. The number of anilines is 2. The monoisotopic (exact) mass is 579 g/mol. The number of nitrogens with one attached hydrogen (secondary N) is 2. The molecule has 4 amide bonds. The number of carbonyl (C=O) groups excluding carboxylic acids is 4. The van der Waals surface area contributed by atoms with E-state index >= 15 is 4.39 Å². The standard InChI is InChI=1S/C29H27ClFN5O5/c1-17(37)34-12-14-35(15-13-34)29(41)26-24(27(39)32-19-7-5-18(30)6-8-19)25(26)28(40)33-22-10-9-20(16-21(22)31)36-11-3-2-4-23(36)38/h2-11,16,24-26H,12-15H2,1H3,(H,32,39)(H,33,40)/t24-,25+,26+/m1/s1. The quantitative estimate of drug-likeness (QED) is 0.465. The van der Waals surface area contributed by atoms with Crippen molar-refractivity contribution in [3.8, 4) is 5.69 Å². The lowest BCUT2D eigenvalue weighted by Gasteiger charge is -2.34. The van der Waals surface area contributed by atoms with Crippen LogP contribution >= 0.6 is 11.6 Å². The Morgan fingerprint density at radius 1 is 0.829 bits per heavy atom. The molecule has 12 heteroatoms. The van der Waals surface area contributed by atoms with E-state index in [1.165, 1.54) is 35.9 Å². The number of rotatable bonds is 6. The van der Waals surface area contributed by atoms with Gasteiger partial charge < -0.3 is 20.4 Å². The first-order valence-corrected chi connectivity index (χ1v) is 13.4. The van der Waals surface area contributed by atoms with Gasteiger partial charge in [0, 0.05) is 62.1 Å². The van der Waals surface area contributed by atoms with Crippen molar-refractivity contribution >= 4 is 46.6 Å². The fraction of sp³-hybridized carbons (Fsp3) is 0.276. The summed E-state index contributed by atoms with van der Waals surface area (Å²) in [6, 6.07) is 14.9. The van der Waals surface area contributed by atoms with Crippen LogP contribution in [0.25, 0.3) is 5.69 Å². The molecule has 0 unspecified atom stereocenters. The molecule has 1 aliphatic heterocycles. The van der Waals surface area contributed by atoms with E-state index in [2.05, 4.69) is 10.6 Å². The molecule has 1 saturated carbocycles. The van der Waals surface area contributed by atoms with Crippen molar-refractivity contribution in [3.05, 3.63) is 88.1 Å². The highest BCUT2D eigenvalue weighted by Gasteiger charge is 2.63. The Morgan fingerprint density at radius 2 is 1.46 bits per heavy atom. The molecule has 41 heavy (non-hydrogen) atoms. The molecule has 2 N–H and O–H groups in total. The maximum absolute atomic E-state index is 15.0. The van der Waals surface area contributed by atoms with E-state index in [1.807, 2.05) is 0 Å². The lowest BCUT2D eigenvalue weighted by atomic mass is 10.2. The fourth-order valence-electron chi connectivity index (χ4n) is 5.09. The number of hydrogen-bond donors (Lipinski definition) is 2. The molecule has 2 aromatic carbocycles. The Hall–Kier alpha value is -4.51. The Morgan fingerprint density at radius 3 is 2.07 bits per heavy atom. The van der Waals surface area contributed by atoms with Gasteiger partial charge in [-0.15, -0.1) is 0 Å². The van der Waals surface area contributed by atoms with E-state index in [-0.39, 0.29) is 41.8 Å². The molecule has 2 aliphatic rings. The van der Waals surface area contributed by atoms with Crippen LogP contribution in [0.4, 0.5) is 15.8 Å². The maximum atomic E-state index is 15.0. The number of aromatic nitrogens is 1. The molecule has 0 radical (unpaired) electrons. The maximum Gasteiger partial charge on any atom is 0.255 e. The van der Waals surface area contributed by atoms with Crippen molar-refractivity contribution in [2.24, 2.45) is 17.8 Å². The zero-order valence-corrected chi connectivity index (χ0v) is 22.8. The lowest BCUT2D eigenvalue weighted by molar-refractivity contribution is -0.140. The molecule has 3 aromatic rings. The van der Waals surface area contributed by atoms with Crippen LogP contribution in [0.5, 0.6) is 0 Å². The van der Waals surface area contributed by atoms with Gasteiger partial charge >= 0.3 is 0 Å². The van der Waals surface area contributed by atoms with Crippen molar-refractivity contribution in [3.63, 3.8) is 0 Å². The second kappa shape index (κ2) is 11.5. The molecule has 2 heterocycles. The summed E-state index contributed by atoms with van der Waals surface area (Å²) in [5, 5.41) is 5.71. The molecule has 2 fully saturated rings. The van der Waals surface area contributed by atoms with Crippen LogP contribution in [0.3, 0.4) is 0 Å². The zero-order valence-electron chi connectivity index (χ0n) is 22.1. The Bertz CT molecular complexity index is 1570. The van der Waals surface area contributed by atoms with Crippen molar-refractivity contribution in [1.29, 1.82) is 0 Å². The number of benzene rings is 2. The fourth-order valence-corrected chi connectivity index (χ4v) is 5.22. The highest BCUT2D eigenvalue weighted by molar-refractivity contribution is 6.30. The second-order valence-electron chi connectivity index (χ2n) is 9.97. The third-order valence-electron chi connectivity index (χ3n) is 7.37. The van der Waals surface area contributed by atoms with Crippen LogP contribution in [0, 0.1) is 23.6 Å². The predicted octanol–water partition coefficient (Wildman–Crippen LogP) is 2.76. The van der Waals surface area contributed by atoms with Crippen LogP contribution in [-0.2, 0) is 19.2 Å². The molecule has 10 nitrogen and oxygen atoms in total. The molecular weight excluding hydrogens is 553 g/mol. The summed E-state index contributed by atoms with van der Waals surface area (Å²) in [6.45, 7) is 2.73. The van der Waals surface area contributed by atoms with Crippen LogP contribution in [0.15, 0.2) is 71.7 Å². The van der Waals surface area contributed by atoms with E-state index < -0.39 is 35.4 Å². The summed E-state index contributed by atoms with van der Waals surface area (Å²) >= 11 is 5.92. The van der Waals surface area contributed by atoms with Gasteiger partial charge in [-0.3, -0.25) is 28.5 Å². The Balaban J connectivity index is 1.34. The lowest BCUT2D eigenvalue weighted by Crippen LogP contribution is -2.50. The second-order valence-corrected chi connectivity index (χ2v) is 10.4. The molecule has 1 aliphatic carbocycles.